The molecule has 0 aliphatic carbocycles. The van der Waals surface area contributed by atoms with E-state index in [-0.39, 0.29) is 0 Å². The Labute approximate surface area is 197 Å². The quantitative estimate of drug-likeness (QED) is 0.178. The zero-order valence-electron chi connectivity index (χ0n) is 21.8. The van der Waals surface area contributed by atoms with Crippen molar-refractivity contribution in [3.8, 4) is 11.5 Å². The van der Waals surface area contributed by atoms with Crippen LogP contribution in [0.5, 0.6) is 11.5 Å². The van der Waals surface area contributed by atoms with E-state index >= 15 is 0 Å². The van der Waals surface area contributed by atoms with Gasteiger partial charge in [0.05, 0.1) is 6.61 Å². The highest BCUT2D eigenvalue weighted by molar-refractivity contribution is 6.95. The minimum Gasteiger partial charge on any atom is -0.508 e. The van der Waals surface area contributed by atoms with Crippen molar-refractivity contribution in [3.63, 3.8) is 0 Å². The average Bonchev–Trinajstić information content (AvgIpc) is 2.64. The largest absolute Gasteiger partial charge is 0.508 e. The molecule has 31 heavy (non-hydrogen) atoms. The molecule has 0 saturated heterocycles. The van der Waals surface area contributed by atoms with E-state index in [0.717, 1.165) is 24.3 Å². The third-order valence-electron chi connectivity index (χ3n) is 6.21. The van der Waals surface area contributed by atoms with Crippen molar-refractivity contribution in [1.82, 2.24) is 0 Å². The van der Waals surface area contributed by atoms with Crippen molar-refractivity contribution in [2.24, 2.45) is 0 Å². The molecular formula is C26H52O2Si3. The summed E-state index contributed by atoms with van der Waals surface area (Å²) in [5.41, 5.74) is 4.37. The summed E-state index contributed by atoms with van der Waals surface area (Å²) in [4.78, 5) is 0. The van der Waals surface area contributed by atoms with Crippen LogP contribution in [0.25, 0.3) is 0 Å². The SMILES string of the molecule is CC(CCCCCCCCCCOc1ccc(O)cc1)[SiH](C[Si](C)(C)C)C[Si](C)(C)C. The molecule has 0 amide bonds. The third kappa shape index (κ3) is 15.8. The lowest BCUT2D eigenvalue weighted by atomic mass is 10.1. The number of benzene rings is 1. The lowest BCUT2D eigenvalue weighted by Gasteiger charge is -2.32. The predicted molar refractivity (Wildman–Crippen MR) is 148 cm³/mol. The van der Waals surface area contributed by atoms with Gasteiger partial charge in [0.25, 0.3) is 0 Å². The van der Waals surface area contributed by atoms with Crippen molar-refractivity contribution in [1.29, 1.82) is 0 Å². The standard InChI is InChI=1S/C26H52O2Si3/c1-24(29(22-30(2,3)4)23-31(5,6)7)16-14-12-10-8-9-11-13-15-21-28-26-19-17-25(27)18-20-26/h17-20,24,27,29H,8-16,21-23H2,1-7H3. The number of unbranched alkanes of at least 4 members (excludes halogenated alkanes) is 7. The van der Waals surface area contributed by atoms with Gasteiger partial charge >= 0.3 is 0 Å². The van der Waals surface area contributed by atoms with Gasteiger partial charge in [-0.3, -0.25) is 0 Å². The smallest absolute Gasteiger partial charge is 0.119 e. The van der Waals surface area contributed by atoms with E-state index in [1.165, 1.54) is 51.4 Å². The number of aromatic hydroxyl groups is 1. The highest BCUT2D eigenvalue weighted by atomic mass is 28.4. The average molecular weight is 481 g/mol. The summed E-state index contributed by atoms with van der Waals surface area (Å²) in [6, 6.07) is 7.02. The maximum absolute atomic E-state index is 9.28. The van der Waals surface area contributed by atoms with Crippen LogP contribution in [0, 0.1) is 0 Å². The normalized spacial score (nSPS) is 13.5. The second-order valence-electron chi connectivity index (χ2n) is 12.2. The first-order chi connectivity index (χ1) is 14.5. The molecule has 5 heteroatoms. The fourth-order valence-corrected chi connectivity index (χ4v) is 23.0. The van der Waals surface area contributed by atoms with E-state index < -0.39 is 24.9 Å². The van der Waals surface area contributed by atoms with Gasteiger partial charge in [-0.25, -0.2) is 0 Å². The van der Waals surface area contributed by atoms with Gasteiger partial charge in [0.2, 0.25) is 0 Å². The van der Waals surface area contributed by atoms with Gasteiger partial charge in [0, 0.05) is 24.9 Å². The first-order valence-electron chi connectivity index (χ1n) is 12.9. The predicted octanol–water partition coefficient (Wildman–Crippen LogP) is 8.65. The van der Waals surface area contributed by atoms with Crippen molar-refractivity contribution in [3.05, 3.63) is 24.3 Å². The number of hydrogen-bond donors (Lipinski definition) is 1. The summed E-state index contributed by atoms with van der Waals surface area (Å²) >= 11 is 0. The molecule has 1 N–H and O–H groups in total. The molecule has 0 aliphatic rings. The molecule has 0 aliphatic heterocycles. The van der Waals surface area contributed by atoms with Gasteiger partial charge in [0.1, 0.15) is 11.5 Å². The summed E-state index contributed by atoms with van der Waals surface area (Å²) in [7, 11) is -2.42. The molecule has 0 saturated carbocycles. The van der Waals surface area contributed by atoms with Crippen LogP contribution < -0.4 is 4.74 Å². The molecule has 0 fully saturated rings. The highest BCUT2D eigenvalue weighted by Gasteiger charge is 2.30. The summed E-state index contributed by atoms with van der Waals surface area (Å²) in [6.07, 6.45) is 12.3. The summed E-state index contributed by atoms with van der Waals surface area (Å²) < 4.78 is 5.72. The van der Waals surface area contributed by atoms with Crippen molar-refractivity contribution >= 4 is 24.9 Å². The number of phenolic OH excluding ortho intramolecular Hbond substituents is 1. The van der Waals surface area contributed by atoms with Crippen LogP contribution in [-0.4, -0.2) is 36.7 Å². The molecule has 180 valence electrons. The number of phenols is 1. The van der Waals surface area contributed by atoms with Crippen LogP contribution in [0.4, 0.5) is 0 Å². The molecule has 0 aromatic heterocycles. The Morgan fingerprint density at radius 3 is 1.68 bits per heavy atom. The molecule has 1 rings (SSSR count). The van der Waals surface area contributed by atoms with Crippen LogP contribution in [0.2, 0.25) is 56.2 Å². The van der Waals surface area contributed by atoms with Gasteiger partial charge in [-0.05, 0) is 30.7 Å². The molecule has 1 unspecified atom stereocenters. The van der Waals surface area contributed by atoms with E-state index in [9.17, 15) is 5.11 Å². The maximum Gasteiger partial charge on any atom is 0.119 e. The topological polar surface area (TPSA) is 29.5 Å². The summed E-state index contributed by atoms with van der Waals surface area (Å²) in [6.45, 7) is 18.9. The molecule has 0 spiro atoms. The van der Waals surface area contributed by atoms with E-state index in [2.05, 4.69) is 46.2 Å². The lowest BCUT2D eigenvalue weighted by Crippen LogP contribution is -2.38. The summed E-state index contributed by atoms with van der Waals surface area (Å²) in [5.74, 6) is 1.15. The van der Waals surface area contributed by atoms with Crippen molar-refractivity contribution in [2.75, 3.05) is 6.61 Å². The second-order valence-corrected chi connectivity index (χ2v) is 28.4. The Hall–Kier alpha value is -0.529. The molecule has 1 aromatic carbocycles. The Morgan fingerprint density at radius 1 is 0.742 bits per heavy atom. The highest BCUT2D eigenvalue weighted by Crippen LogP contribution is 2.30. The Morgan fingerprint density at radius 2 is 1.19 bits per heavy atom. The molecule has 1 aromatic rings. The van der Waals surface area contributed by atoms with Crippen LogP contribution in [0.3, 0.4) is 0 Å². The maximum atomic E-state index is 9.28. The van der Waals surface area contributed by atoms with Crippen LogP contribution >= 0.6 is 0 Å². The van der Waals surface area contributed by atoms with Crippen molar-refractivity contribution in [2.45, 2.75) is 121 Å². The molecule has 0 bridgehead atoms. The number of rotatable bonds is 17. The Bertz CT molecular complexity index is 560. The zero-order chi connectivity index (χ0) is 23.3. The monoisotopic (exact) mass is 480 g/mol. The third-order valence-corrected chi connectivity index (χ3v) is 22.1. The number of ether oxygens (including phenoxy) is 1. The second kappa shape index (κ2) is 14.6. The van der Waals surface area contributed by atoms with Crippen molar-refractivity contribution < 1.29 is 9.84 Å². The zero-order valence-corrected chi connectivity index (χ0v) is 25.0. The van der Waals surface area contributed by atoms with Crippen LogP contribution in [0.1, 0.15) is 64.7 Å². The van der Waals surface area contributed by atoms with Gasteiger partial charge in [0.15, 0.2) is 0 Å². The first-order valence-corrected chi connectivity index (χ1v) is 22.6. The first kappa shape index (κ1) is 28.5. The van der Waals surface area contributed by atoms with Gasteiger partial charge in [-0.15, -0.1) is 0 Å². The minimum absolute atomic E-state index is 0.293. The Balaban J connectivity index is 2.06. The van der Waals surface area contributed by atoms with Gasteiger partial charge < -0.3 is 9.84 Å². The van der Waals surface area contributed by atoms with Gasteiger partial charge in [-0.1, -0.05) is 114 Å². The Kier molecular flexibility index (Phi) is 13.4. The fraction of sp³-hybridized carbons (Fsp3) is 0.769. The molecule has 0 heterocycles. The number of hydrogen-bond acceptors (Lipinski definition) is 2. The minimum atomic E-state index is -0.919. The molecular weight excluding hydrogens is 429 g/mol. The lowest BCUT2D eigenvalue weighted by molar-refractivity contribution is 0.303. The van der Waals surface area contributed by atoms with E-state index in [4.69, 9.17) is 4.74 Å². The van der Waals surface area contributed by atoms with Crippen LogP contribution in [-0.2, 0) is 0 Å². The van der Waals surface area contributed by atoms with E-state index in [0.29, 0.717) is 5.75 Å². The molecule has 1 atom stereocenters. The van der Waals surface area contributed by atoms with Gasteiger partial charge in [-0.2, -0.15) is 0 Å². The van der Waals surface area contributed by atoms with E-state index in [1.807, 2.05) is 12.1 Å². The summed E-state index contributed by atoms with van der Waals surface area (Å²) in [5, 5.41) is 9.28. The fourth-order valence-electron chi connectivity index (χ4n) is 4.64. The van der Waals surface area contributed by atoms with E-state index in [1.54, 1.807) is 23.5 Å². The van der Waals surface area contributed by atoms with Crippen LogP contribution in [0.15, 0.2) is 24.3 Å². The molecule has 0 radical (unpaired) electrons. The molecule has 2 nitrogen and oxygen atoms in total.